The maximum Gasteiger partial charge on any atom is 0.221 e. The molecule has 0 aliphatic carbocycles. The molecule has 1 atom stereocenters. The van der Waals surface area contributed by atoms with Crippen LogP contribution in [-0.2, 0) is 9.59 Å². The van der Waals surface area contributed by atoms with Crippen molar-refractivity contribution in [2.24, 2.45) is 0 Å². The predicted molar refractivity (Wildman–Crippen MR) is 70.2 cm³/mol. The highest BCUT2D eigenvalue weighted by Crippen LogP contribution is 2.13. The second kappa shape index (κ2) is 7.31. The van der Waals surface area contributed by atoms with Gasteiger partial charge in [0.25, 0.3) is 0 Å². The van der Waals surface area contributed by atoms with Crippen molar-refractivity contribution in [1.29, 1.82) is 0 Å². The van der Waals surface area contributed by atoms with Crippen LogP contribution in [0.4, 0.5) is 0 Å². The Morgan fingerprint density at radius 1 is 1.26 bits per heavy atom. The molecule has 1 amide bonds. The molecule has 0 aliphatic rings. The van der Waals surface area contributed by atoms with Gasteiger partial charge >= 0.3 is 0 Å². The second-order valence-corrected chi connectivity index (χ2v) is 4.14. The molecule has 0 heterocycles. The van der Waals surface area contributed by atoms with Crippen molar-refractivity contribution in [3.8, 4) is 5.75 Å². The molecule has 0 bridgehead atoms. The standard InChI is InChI=1S/C14H17NO4/c1-10(9-16)15-14(18)8-7-13(17)11-3-5-12(19-2)6-4-11/h3-6,9-10H,7-8H2,1-2H3,(H,15,18)/t10-/m0/s1. The van der Waals surface area contributed by atoms with Crippen LogP contribution in [0.5, 0.6) is 5.75 Å². The summed E-state index contributed by atoms with van der Waals surface area (Å²) in [5.41, 5.74) is 0.539. The van der Waals surface area contributed by atoms with Crippen molar-refractivity contribution < 1.29 is 19.1 Å². The van der Waals surface area contributed by atoms with E-state index in [9.17, 15) is 14.4 Å². The van der Waals surface area contributed by atoms with Gasteiger partial charge in [0.1, 0.15) is 12.0 Å². The van der Waals surface area contributed by atoms with E-state index >= 15 is 0 Å². The molecule has 1 aromatic carbocycles. The highest BCUT2D eigenvalue weighted by Gasteiger charge is 2.11. The first-order valence-electron chi connectivity index (χ1n) is 5.98. The van der Waals surface area contributed by atoms with Crippen LogP contribution in [0.15, 0.2) is 24.3 Å². The van der Waals surface area contributed by atoms with E-state index in [0.717, 1.165) is 0 Å². The van der Waals surface area contributed by atoms with E-state index in [1.54, 1.807) is 38.3 Å². The number of carbonyl (C=O) groups excluding carboxylic acids is 3. The first kappa shape index (κ1) is 14.9. The van der Waals surface area contributed by atoms with Crippen LogP contribution in [0.2, 0.25) is 0 Å². The van der Waals surface area contributed by atoms with Gasteiger partial charge in [-0.3, -0.25) is 9.59 Å². The molecule has 1 aromatic rings. The van der Waals surface area contributed by atoms with Crippen molar-refractivity contribution in [2.45, 2.75) is 25.8 Å². The lowest BCUT2D eigenvalue weighted by Gasteiger charge is -2.07. The predicted octanol–water partition coefficient (Wildman–Crippen LogP) is 1.36. The van der Waals surface area contributed by atoms with Gasteiger partial charge in [0.05, 0.1) is 13.2 Å². The molecule has 0 saturated heterocycles. The van der Waals surface area contributed by atoms with Crippen molar-refractivity contribution in [1.82, 2.24) is 5.32 Å². The van der Waals surface area contributed by atoms with Gasteiger partial charge in [0.15, 0.2) is 5.78 Å². The SMILES string of the molecule is COc1ccc(C(=O)CCC(=O)N[C@@H](C)C=O)cc1. The summed E-state index contributed by atoms with van der Waals surface area (Å²) in [6.45, 7) is 1.58. The Hall–Kier alpha value is -2.17. The van der Waals surface area contributed by atoms with Gasteiger partial charge in [-0.1, -0.05) is 0 Å². The van der Waals surface area contributed by atoms with Crippen LogP contribution in [0.1, 0.15) is 30.1 Å². The normalized spacial score (nSPS) is 11.5. The third kappa shape index (κ3) is 4.91. The Labute approximate surface area is 111 Å². The Bertz CT molecular complexity index is 453. The van der Waals surface area contributed by atoms with E-state index in [4.69, 9.17) is 4.74 Å². The van der Waals surface area contributed by atoms with Gasteiger partial charge in [-0.05, 0) is 31.2 Å². The van der Waals surface area contributed by atoms with Crippen molar-refractivity contribution in [3.63, 3.8) is 0 Å². The number of ether oxygens (including phenoxy) is 1. The Morgan fingerprint density at radius 2 is 1.89 bits per heavy atom. The molecule has 5 heteroatoms. The molecule has 102 valence electrons. The fraction of sp³-hybridized carbons (Fsp3) is 0.357. The summed E-state index contributed by atoms with van der Waals surface area (Å²) in [6.07, 6.45) is 0.829. The van der Waals surface area contributed by atoms with Crippen LogP contribution >= 0.6 is 0 Å². The maximum absolute atomic E-state index is 11.8. The number of Topliss-reactive ketones (excluding diaryl/α,β-unsaturated/α-hetero) is 1. The van der Waals surface area contributed by atoms with Crippen molar-refractivity contribution in [2.75, 3.05) is 7.11 Å². The largest absolute Gasteiger partial charge is 0.497 e. The molecule has 0 unspecified atom stereocenters. The van der Waals surface area contributed by atoms with Gasteiger partial charge in [0.2, 0.25) is 5.91 Å². The average molecular weight is 263 g/mol. The lowest BCUT2D eigenvalue weighted by molar-refractivity contribution is -0.123. The fourth-order valence-corrected chi connectivity index (χ4v) is 1.51. The summed E-state index contributed by atoms with van der Waals surface area (Å²) >= 11 is 0. The number of aldehydes is 1. The first-order valence-corrected chi connectivity index (χ1v) is 5.98. The third-order valence-electron chi connectivity index (χ3n) is 2.58. The number of benzene rings is 1. The van der Waals surface area contributed by atoms with Crippen molar-refractivity contribution in [3.05, 3.63) is 29.8 Å². The molecular formula is C14H17NO4. The van der Waals surface area contributed by atoms with Crippen molar-refractivity contribution >= 4 is 18.0 Å². The van der Waals surface area contributed by atoms with Gasteiger partial charge in [0, 0.05) is 18.4 Å². The number of nitrogens with one attached hydrogen (secondary N) is 1. The van der Waals surface area contributed by atoms with Gasteiger partial charge < -0.3 is 14.8 Å². The van der Waals surface area contributed by atoms with E-state index in [2.05, 4.69) is 5.32 Å². The molecule has 0 spiro atoms. The number of rotatable bonds is 7. The summed E-state index contributed by atoms with van der Waals surface area (Å²) in [4.78, 5) is 33.6. The molecule has 5 nitrogen and oxygen atoms in total. The lowest BCUT2D eigenvalue weighted by atomic mass is 10.1. The topological polar surface area (TPSA) is 72.5 Å². The summed E-state index contributed by atoms with van der Waals surface area (Å²) in [5.74, 6) is 0.257. The van der Waals surface area contributed by atoms with E-state index in [-0.39, 0.29) is 24.5 Å². The highest BCUT2D eigenvalue weighted by molar-refractivity contribution is 5.98. The summed E-state index contributed by atoms with van der Waals surface area (Å²) in [7, 11) is 1.55. The van der Waals surface area contributed by atoms with Crippen LogP contribution in [0.3, 0.4) is 0 Å². The highest BCUT2D eigenvalue weighted by atomic mass is 16.5. The van der Waals surface area contributed by atoms with E-state index in [0.29, 0.717) is 17.6 Å². The summed E-state index contributed by atoms with van der Waals surface area (Å²) < 4.78 is 4.99. The Balaban J connectivity index is 2.46. The zero-order valence-electron chi connectivity index (χ0n) is 11.0. The zero-order valence-corrected chi connectivity index (χ0v) is 11.0. The molecule has 1 N–H and O–H groups in total. The van der Waals surface area contributed by atoms with Crippen LogP contribution in [0.25, 0.3) is 0 Å². The van der Waals surface area contributed by atoms with E-state index in [1.165, 1.54) is 0 Å². The smallest absolute Gasteiger partial charge is 0.221 e. The summed E-state index contributed by atoms with van der Waals surface area (Å²) in [5, 5.41) is 2.48. The number of methoxy groups -OCH3 is 1. The van der Waals surface area contributed by atoms with E-state index < -0.39 is 6.04 Å². The molecule has 0 aliphatic heterocycles. The molecule has 0 radical (unpaired) electrons. The zero-order chi connectivity index (χ0) is 14.3. The molecule has 0 saturated carbocycles. The third-order valence-corrected chi connectivity index (χ3v) is 2.58. The van der Waals surface area contributed by atoms with Crippen LogP contribution < -0.4 is 10.1 Å². The first-order chi connectivity index (χ1) is 9.06. The maximum atomic E-state index is 11.8. The molecule has 0 fully saturated rings. The fourth-order valence-electron chi connectivity index (χ4n) is 1.51. The second-order valence-electron chi connectivity index (χ2n) is 4.14. The molecule has 0 aromatic heterocycles. The number of amides is 1. The Kier molecular flexibility index (Phi) is 5.73. The van der Waals surface area contributed by atoms with Gasteiger partial charge in [-0.2, -0.15) is 0 Å². The minimum absolute atomic E-state index is 0.0725. The molecular weight excluding hydrogens is 246 g/mol. The number of carbonyl (C=O) groups is 3. The van der Waals surface area contributed by atoms with Gasteiger partial charge in [-0.15, -0.1) is 0 Å². The quantitative estimate of drug-likeness (QED) is 0.595. The van der Waals surface area contributed by atoms with Crippen LogP contribution in [0, 0.1) is 0 Å². The van der Waals surface area contributed by atoms with Crippen LogP contribution in [-0.4, -0.2) is 31.1 Å². The lowest BCUT2D eigenvalue weighted by Crippen LogP contribution is -2.33. The number of ketones is 1. The molecule has 19 heavy (non-hydrogen) atoms. The minimum Gasteiger partial charge on any atom is -0.497 e. The average Bonchev–Trinajstić information content (AvgIpc) is 2.44. The monoisotopic (exact) mass is 263 g/mol. The minimum atomic E-state index is -0.524. The molecule has 1 rings (SSSR count). The summed E-state index contributed by atoms with van der Waals surface area (Å²) in [6, 6.07) is 6.19. The Morgan fingerprint density at radius 3 is 2.42 bits per heavy atom. The van der Waals surface area contributed by atoms with E-state index in [1.807, 2.05) is 0 Å². The van der Waals surface area contributed by atoms with Gasteiger partial charge in [-0.25, -0.2) is 0 Å². The number of hydrogen-bond donors (Lipinski definition) is 1. The number of hydrogen-bond acceptors (Lipinski definition) is 4.